The molecule has 0 spiro atoms. The number of ether oxygens (including phenoxy) is 1. The number of esters is 1. The molecule has 0 bridgehead atoms. The highest BCUT2D eigenvalue weighted by Crippen LogP contribution is 2.38. The number of nitro groups is 1. The highest BCUT2D eigenvalue weighted by molar-refractivity contribution is 7.99. The van der Waals surface area contributed by atoms with Crippen molar-refractivity contribution in [1.29, 1.82) is 0 Å². The van der Waals surface area contributed by atoms with Gasteiger partial charge in [0.2, 0.25) is 0 Å². The van der Waals surface area contributed by atoms with Crippen molar-refractivity contribution in [3.05, 3.63) is 104 Å². The van der Waals surface area contributed by atoms with Crippen LogP contribution in [0.2, 0.25) is 5.02 Å². The molecule has 0 unspecified atom stereocenters. The van der Waals surface area contributed by atoms with E-state index < -0.39 is 16.5 Å². The maximum Gasteiger partial charge on any atom is 0.354 e. The third-order valence-corrected chi connectivity index (χ3v) is 5.58. The monoisotopic (exact) mass is 453 g/mol. The van der Waals surface area contributed by atoms with Crippen molar-refractivity contribution in [2.45, 2.75) is 9.79 Å². The van der Waals surface area contributed by atoms with Crippen LogP contribution < -0.4 is 10.4 Å². The second-order valence-corrected chi connectivity index (χ2v) is 7.81. The van der Waals surface area contributed by atoms with Gasteiger partial charge < -0.3 is 9.15 Å². The lowest BCUT2D eigenvalue weighted by Gasteiger charge is -2.11. The fourth-order valence-corrected chi connectivity index (χ4v) is 3.79. The number of non-ortho nitro benzene ring substituents is 1. The number of halogens is 1. The summed E-state index contributed by atoms with van der Waals surface area (Å²) in [6, 6.07) is 18.5. The maximum absolute atomic E-state index is 12.7. The molecule has 1 aromatic heterocycles. The minimum atomic E-state index is -0.694. The fraction of sp³-hybridized carbons (Fsp3) is 0. The number of carbonyl (C=O) groups is 1. The van der Waals surface area contributed by atoms with Crippen LogP contribution in [-0.4, -0.2) is 10.9 Å². The van der Waals surface area contributed by atoms with Gasteiger partial charge in [-0.25, -0.2) is 9.59 Å². The summed E-state index contributed by atoms with van der Waals surface area (Å²) in [6.45, 7) is 0. The van der Waals surface area contributed by atoms with Crippen molar-refractivity contribution in [2.24, 2.45) is 0 Å². The Hall–Kier alpha value is -3.62. The van der Waals surface area contributed by atoms with E-state index in [2.05, 4.69) is 0 Å². The quantitative estimate of drug-likeness (QED) is 0.165. The first-order valence-electron chi connectivity index (χ1n) is 8.88. The van der Waals surface area contributed by atoms with Crippen molar-refractivity contribution >= 4 is 46.0 Å². The highest BCUT2D eigenvalue weighted by Gasteiger charge is 2.21. The molecule has 0 amide bonds. The second kappa shape index (κ2) is 8.63. The first kappa shape index (κ1) is 20.6. The number of fused-ring (bicyclic) bond motifs is 1. The molecular formula is C22H12ClNO6S. The van der Waals surface area contributed by atoms with E-state index in [1.165, 1.54) is 36.4 Å². The molecule has 0 aliphatic rings. The molecule has 3 aromatic carbocycles. The lowest BCUT2D eigenvalue weighted by molar-refractivity contribution is -0.384. The zero-order valence-electron chi connectivity index (χ0n) is 15.6. The molecule has 1 heterocycles. The SMILES string of the molecule is O=C(Oc1c(Sc2ccc([N+](=O)[O-])cc2)c(=O)oc2ccccc12)c1ccc(Cl)cc1. The van der Waals surface area contributed by atoms with Gasteiger partial charge in [0.05, 0.1) is 15.9 Å². The highest BCUT2D eigenvalue weighted by atomic mass is 35.5. The van der Waals surface area contributed by atoms with Crippen LogP contribution in [0.3, 0.4) is 0 Å². The molecule has 0 radical (unpaired) electrons. The van der Waals surface area contributed by atoms with E-state index in [1.807, 2.05) is 0 Å². The minimum absolute atomic E-state index is 0.0508. The van der Waals surface area contributed by atoms with Gasteiger partial charge in [0.15, 0.2) is 5.75 Å². The summed E-state index contributed by atoms with van der Waals surface area (Å²) in [7, 11) is 0. The van der Waals surface area contributed by atoms with Crippen molar-refractivity contribution in [1.82, 2.24) is 0 Å². The Morgan fingerprint density at radius 3 is 2.35 bits per heavy atom. The molecule has 0 aliphatic heterocycles. The van der Waals surface area contributed by atoms with Gasteiger partial charge in [-0.15, -0.1) is 0 Å². The first-order chi connectivity index (χ1) is 14.9. The van der Waals surface area contributed by atoms with E-state index in [0.717, 1.165) is 11.8 Å². The standard InChI is InChI=1S/C22H12ClNO6S/c23-14-7-5-13(6-8-14)21(25)30-19-17-3-1-2-4-18(17)29-22(26)20(19)31-16-11-9-15(10-12-16)24(27)28/h1-12H. The Kier molecular flexibility index (Phi) is 5.75. The Bertz CT molecular complexity index is 1350. The van der Waals surface area contributed by atoms with Crippen LogP contribution in [0.15, 0.2) is 91.8 Å². The number of hydrogen-bond acceptors (Lipinski definition) is 7. The summed E-state index contributed by atoms with van der Waals surface area (Å²) >= 11 is 6.86. The lowest BCUT2D eigenvalue weighted by atomic mass is 10.2. The summed E-state index contributed by atoms with van der Waals surface area (Å²) in [5, 5.41) is 11.8. The average Bonchev–Trinajstić information content (AvgIpc) is 2.76. The van der Waals surface area contributed by atoms with Crippen LogP contribution in [0.25, 0.3) is 11.0 Å². The van der Waals surface area contributed by atoms with Crippen molar-refractivity contribution < 1.29 is 18.9 Å². The predicted octanol–water partition coefficient (Wildman–Crippen LogP) is 5.73. The molecule has 9 heteroatoms. The Labute approximate surface area is 184 Å². The van der Waals surface area contributed by atoms with E-state index in [-0.39, 0.29) is 27.5 Å². The average molecular weight is 454 g/mol. The number of nitrogens with zero attached hydrogens (tertiary/aromatic N) is 1. The maximum atomic E-state index is 12.7. The Balaban J connectivity index is 1.78. The van der Waals surface area contributed by atoms with Gasteiger partial charge in [0.1, 0.15) is 10.5 Å². The summed E-state index contributed by atoms with van der Waals surface area (Å²) in [6.07, 6.45) is 0. The largest absolute Gasteiger partial charge is 0.422 e. The summed E-state index contributed by atoms with van der Waals surface area (Å²) in [4.78, 5) is 36.4. The molecule has 0 fully saturated rings. The van der Waals surface area contributed by atoms with E-state index in [9.17, 15) is 19.7 Å². The van der Waals surface area contributed by atoms with Crippen LogP contribution in [0.5, 0.6) is 5.75 Å². The third-order valence-electron chi connectivity index (χ3n) is 4.27. The zero-order chi connectivity index (χ0) is 22.0. The van der Waals surface area contributed by atoms with Crippen LogP contribution in [0.4, 0.5) is 5.69 Å². The smallest absolute Gasteiger partial charge is 0.354 e. The molecule has 0 atom stereocenters. The molecule has 154 valence electrons. The first-order valence-corrected chi connectivity index (χ1v) is 10.1. The number of rotatable bonds is 5. The Morgan fingerprint density at radius 1 is 1.00 bits per heavy atom. The van der Waals surface area contributed by atoms with E-state index >= 15 is 0 Å². The minimum Gasteiger partial charge on any atom is -0.422 e. The van der Waals surface area contributed by atoms with Crippen molar-refractivity contribution in [2.75, 3.05) is 0 Å². The molecule has 7 nitrogen and oxygen atoms in total. The molecule has 0 N–H and O–H groups in total. The normalized spacial score (nSPS) is 10.7. The summed E-state index contributed by atoms with van der Waals surface area (Å²) in [5.74, 6) is -0.617. The van der Waals surface area contributed by atoms with Crippen molar-refractivity contribution in [3.63, 3.8) is 0 Å². The zero-order valence-corrected chi connectivity index (χ0v) is 17.2. The number of hydrogen-bond donors (Lipinski definition) is 0. The molecule has 0 aliphatic carbocycles. The number of para-hydroxylation sites is 1. The number of benzene rings is 3. The Morgan fingerprint density at radius 2 is 1.68 bits per heavy atom. The fourth-order valence-electron chi connectivity index (χ4n) is 2.79. The van der Waals surface area contributed by atoms with Crippen LogP contribution in [-0.2, 0) is 0 Å². The van der Waals surface area contributed by atoms with Crippen molar-refractivity contribution in [3.8, 4) is 5.75 Å². The van der Waals surface area contributed by atoms with Gasteiger partial charge in [0, 0.05) is 22.1 Å². The van der Waals surface area contributed by atoms with E-state index in [0.29, 0.717) is 15.3 Å². The van der Waals surface area contributed by atoms with Gasteiger partial charge in [-0.1, -0.05) is 35.5 Å². The van der Waals surface area contributed by atoms with Crippen LogP contribution >= 0.6 is 23.4 Å². The molecule has 0 saturated heterocycles. The molecule has 31 heavy (non-hydrogen) atoms. The predicted molar refractivity (Wildman–Crippen MR) is 116 cm³/mol. The van der Waals surface area contributed by atoms with Gasteiger partial charge >= 0.3 is 11.6 Å². The molecule has 0 saturated carbocycles. The van der Waals surface area contributed by atoms with Crippen LogP contribution in [0, 0.1) is 10.1 Å². The van der Waals surface area contributed by atoms with E-state index in [4.69, 9.17) is 20.8 Å². The number of nitro benzene ring substituents is 1. The summed E-state index contributed by atoms with van der Waals surface area (Å²) in [5.41, 5.74) is -0.252. The molecule has 4 aromatic rings. The third kappa shape index (κ3) is 4.45. The molecule has 4 rings (SSSR count). The summed E-state index contributed by atoms with van der Waals surface area (Å²) < 4.78 is 11.0. The number of carbonyl (C=O) groups excluding carboxylic acids is 1. The lowest BCUT2D eigenvalue weighted by Crippen LogP contribution is -2.13. The van der Waals surface area contributed by atoms with E-state index in [1.54, 1.807) is 36.4 Å². The van der Waals surface area contributed by atoms with Gasteiger partial charge in [0.25, 0.3) is 5.69 Å². The van der Waals surface area contributed by atoms with Gasteiger partial charge in [-0.3, -0.25) is 10.1 Å². The van der Waals surface area contributed by atoms with Gasteiger partial charge in [-0.2, -0.15) is 0 Å². The molecular weight excluding hydrogens is 442 g/mol. The van der Waals surface area contributed by atoms with Crippen LogP contribution in [0.1, 0.15) is 10.4 Å². The van der Waals surface area contributed by atoms with Gasteiger partial charge in [-0.05, 0) is 48.5 Å². The second-order valence-electron chi connectivity index (χ2n) is 6.29. The topological polar surface area (TPSA) is 99.6 Å².